The van der Waals surface area contributed by atoms with Crippen LogP contribution < -0.4 is 5.32 Å². The van der Waals surface area contributed by atoms with Crippen LogP contribution in [-0.4, -0.2) is 46.1 Å². The number of carbonyl (C=O) groups excluding carboxylic acids is 2. The van der Waals surface area contributed by atoms with Crippen molar-refractivity contribution in [2.75, 3.05) is 18.4 Å². The molecule has 1 N–H and O–H groups in total. The number of benzene rings is 1. The van der Waals surface area contributed by atoms with E-state index in [1.807, 2.05) is 24.3 Å². The van der Waals surface area contributed by atoms with Gasteiger partial charge in [0.25, 0.3) is 5.91 Å². The molecule has 0 spiro atoms. The molecule has 0 aliphatic carbocycles. The van der Waals surface area contributed by atoms with E-state index in [2.05, 4.69) is 22.3 Å². The van der Waals surface area contributed by atoms with Crippen molar-refractivity contribution in [3.05, 3.63) is 52.9 Å². The molecule has 32 heavy (non-hydrogen) atoms. The average Bonchev–Trinajstić information content (AvgIpc) is 3.20. The summed E-state index contributed by atoms with van der Waals surface area (Å²) in [7, 11) is 0. The largest absolute Gasteiger partial charge is 0.449 e. The maximum atomic E-state index is 13.4. The first-order chi connectivity index (χ1) is 15.5. The number of aromatic nitrogens is 2. The van der Waals surface area contributed by atoms with Crippen LogP contribution in [0.2, 0.25) is 0 Å². The third-order valence-electron chi connectivity index (χ3n) is 5.66. The zero-order valence-electron chi connectivity index (χ0n) is 18.7. The maximum absolute atomic E-state index is 13.4. The van der Waals surface area contributed by atoms with Gasteiger partial charge in [0.15, 0.2) is 11.9 Å². The number of pyridine rings is 1. The molecule has 2 aromatic heterocycles. The molecule has 4 rings (SSSR count). The summed E-state index contributed by atoms with van der Waals surface area (Å²) in [5.74, 6) is -0.0636. The van der Waals surface area contributed by atoms with Gasteiger partial charge in [0.2, 0.25) is 0 Å². The molecule has 1 atom stereocenters. The first-order valence-electron chi connectivity index (χ1n) is 11.1. The Morgan fingerprint density at radius 1 is 1.28 bits per heavy atom. The highest BCUT2D eigenvalue weighted by molar-refractivity contribution is 6.06. The molecule has 0 saturated heterocycles. The summed E-state index contributed by atoms with van der Waals surface area (Å²) in [5.41, 5.74) is 3.10. The lowest BCUT2D eigenvalue weighted by atomic mass is 9.95. The summed E-state index contributed by atoms with van der Waals surface area (Å²) in [6, 6.07) is 9.20. The summed E-state index contributed by atoms with van der Waals surface area (Å²) >= 11 is 0. The molecule has 3 aromatic rings. The van der Waals surface area contributed by atoms with Crippen LogP contribution in [0.15, 0.2) is 34.9 Å². The SMILES string of the molecule is CCCN1CCc2nc3ccccc3c(C(=O)OC(CC)C(=O)Nc3cc(C)on3)c2C1. The number of aryl methyl sites for hydroxylation is 1. The quantitative estimate of drug-likeness (QED) is 0.562. The molecule has 168 valence electrons. The number of carbonyl (C=O) groups is 2. The van der Waals surface area contributed by atoms with Crippen LogP contribution in [0.25, 0.3) is 10.9 Å². The van der Waals surface area contributed by atoms with E-state index in [0.717, 1.165) is 48.1 Å². The van der Waals surface area contributed by atoms with Crippen molar-refractivity contribution in [2.45, 2.75) is 52.7 Å². The Morgan fingerprint density at radius 3 is 2.81 bits per heavy atom. The van der Waals surface area contributed by atoms with E-state index in [9.17, 15) is 9.59 Å². The van der Waals surface area contributed by atoms with Gasteiger partial charge < -0.3 is 14.6 Å². The highest BCUT2D eigenvalue weighted by Crippen LogP contribution is 2.29. The Bertz CT molecular complexity index is 1140. The molecule has 8 nitrogen and oxygen atoms in total. The van der Waals surface area contributed by atoms with E-state index in [4.69, 9.17) is 14.2 Å². The number of fused-ring (bicyclic) bond motifs is 2. The lowest BCUT2D eigenvalue weighted by Crippen LogP contribution is -2.35. The number of rotatable bonds is 7. The van der Waals surface area contributed by atoms with Crippen molar-refractivity contribution in [3.63, 3.8) is 0 Å². The number of hydrogen-bond acceptors (Lipinski definition) is 7. The third kappa shape index (κ3) is 4.50. The van der Waals surface area contributed by atoms with Crippen LogP contribution in [0, 0.1) is 6.92 Å². The summed E-state index contributed by atoms with van der Waals surface area (Å²) in [4.78, 5) is 33.3. The molecule has 1 unspecified atom stereocenters. The van der Waals surface area contributed by atoms with Crippen molar-refractivity contribution < 1.29 is 18.8 Å². The predicted molar refractivity (Wildman–Crippen MR) is 120 cm³/mol. The molecular formula is C24H28N4O4. The molecule has 1 aliphatic rings. The molecule has 8 heteroatoms. The van der Waals surface area contributed by atoms with Gasteiger partial charge in [0.1, 0.15) is 5.76 Å². The third-order valence-corrected chi connectivity index (χ3v) is 5.66. The van der Waals surface area contributed by atoms with Gasteiger partial charge in [-0.2, -0.15) is 0 Å². The fourth-order valence-electron chi connectivity index (χ4n) is 4.13. The molecule has 1 aromatic carbocycles. The van der Waals surface area contributed by atoms with E-state index >= 15 is 0 Å². The van der Waals surface area contributed by atoms with Crippen molar-refractivity contribution in [1.82, 2.24) is 15.0 Å². The lowest BCUT2D eigenvalue weighted by Gasteiger charge is -2.29. The van der Waals surface area contributed by atoms with E-state index in [0.29, 0.717) is 30.1 Å². The van der Waals surface area contributed by atoms with E-state index in [1.165, 1.54) is 0 Å². The Morgan fingerprint density at radius 2 is 2.09 bits per heavy atom. The van der Waals surface area contributed by atoms with Crippen LogP contribution >= 0.6 is 0 Å². The first-order valence-corrected chi connectivity index (χ1v) is 11.1. The highest BCUT2D eigenvalue weighted by atomic mass is 16.5. The second kappa shape index (κ2) is 9.48. The Hall–Kier alpha value is -3.26. The number of nitrogens with zero attached hydrogens (tertiary/aromatic N) is 3. The molecule has 1 amide bonds. The van der Waals surface area contributed by atoms with Crippen LogP contribution in [0.3, 0.4) is 0 Å². The normalized spacial score (nSPS) is 14.7. The number of nitrogens with one attached hydrogen (secondary N) is 1. The minimum atomic E-state index is -0.947. The van der Waals surface area contributed by atoms with Gasteiger partial charge in [0.05, 0.1) is 11.1 Å². The first kappa shape index (κ1) is 22.0. The molecule has 0 saturated carbocycles. The summed E-state index contributed by atoms with van der Waals surface area (Å²) < 4.78 is 10.7. The van der Waals surface area contributed by atoms with Gasteiger partial charge in [0, 0.05) is 42.2 Å². The summed E-state index contributed by atoms with van der Waals surface area (Å²) in [6.07, 6.45) is 1.21. The number of para-hydroxylation sites is 1. The van der Waals surface area contributed by atoms with E-state index in [1.54, 1.807) is 19.9 Å². The monoisotopic (exact) mass is 436 g/mol. The van der Waals surface area contributed by atoms with Gasteiger partial charge in [-0.25, -0.2) is 4.79 Å². The summed E-state index contributed by atoms with van der Waals surface area (Å²) in [6.45, 7) is 8.20. The van der Waals surface area contributed by atoms with Gasteiger partial charge in [-0.15, -0.1) is 0 Å². The van der Waals surface area contributed by atoms with Gasteiger partial charge >= 0.3 is 5.97 Å². The topological polar surface area (TPSA) is 97.6 Å². The number of ether oxygens (including phenoxy) is 1. The van der Waals surface area contributed by atoms with Crippen molar-refractivity contribution in [3.8, 4) is 0 Å². The molecule has 3 heterocycles. The van der Waals surface area contributed by atoms with Gasteiger partial charge in [-0.1, -0.05) is 37.2 Å². The number of amides is 1. The molecule has 1 aliphatic heterocycles. The number of esters is 1. The average molecular weight is 437 g/mol. The number of hydrogen-bond donors (Lipinski definition) is 1. The fraction of sp³-hybridized carbons (Fsp3) is 0.417. The fourth-order valence-corrected chi connectivity index (χ4v) is 4.13. The maximum Gasteiger partial charge on any atom is 0.340 e. The lowest BCUT2D eigenvalue weighted by molar-refractivity contribution is -0.124. The molecular weight excluding hydrogens is 408 g/mol. The Labute approximate surface area is 186 Å². The molecule has 0 bridgehead atoms. The van der Waals surface area contributed by atoms with Crippen LogP contribution in [0.4, 0.5) is 5.82 Å². The predicted octanol–water partition coefficient (Wildman–Crippen LogP) is 3.87. The Kier molecular flexibility index (Phi) is 6.50. The van der Waals surface area contributed by atoms with Crippen molar-refractivity contribution in [1.29, 1.82) is 0 Å². The van der Waals surface area contributed by atoms with Crippen molar-refractivity contribution in [2.24, 2.45) is 0 Å². The minimum absolute atomic E-state index is 0.295. The molecule has 0 radical (unpaired) electrons. The zero-order valence-corrected chi connectivity index (χ0v) is 18.7. The van der Waals surface area contributed by atoms with Gasteiger partial charge in [-0.05, 0) is 32.4 Å². The molecule has 0 fully saturated rings. The van der Waals surface area contributed by atoms with E-state index in [-0.39, 0.29) is 0 Å². The second-order valence-corrected chi connectivity index (χ2v) is 8.07. The number of anilines is 1. The van der Waals surface area contributed by atoms with E-state index < -0.39 is 18.0 Å². The van der Waals surface area contributed by atoms with Crippen molar-refractivity contribution >= 4 is 28.6 Å². The van der Waals surface area contributed by atoms with Gasteiger partial charge in [-0.3, -0.25) is 14.7 Å². The smallest absolute Gasteiger partial charge is 0.340 e. The Balaban J connectivity index is 1.64. The zero-order chi connectivity index (χ0) is 22.7. The van der Waals surface area contributed by atoms with Crippen LogP contribution in [0.1, 0.15) is 54.1 Å². The van der Waals surface area contributed by atoms with Crippen LogP contribution in [-0.2, 0) is 22.5 Å². The highest BCUT2D eigenvalue weighted by Gasteiger charge is 2.29. The summed E-state index contributed by atoms with van der Waals surface area (Å²) in [5, 5.41) is 7.17. The minimum Gasteiger partial charge on any atom is -0.449 e. The standard InChI is InChI=1S/C24H28N4O4/c1-4-11-28-12-10-19-17(14-28)22(16-8-6-7-9-18(16)25-19)24(30)31-20(5-2)23(29)26-21-13-15(3)32-27-21/h6-9,13,20H,4-5,10-12,14H2,1-3H3,(H,26,27,29). The second-order valence-electron chi connectivity index (χ2n) is 8.07. The van der Waals surface area contributed by atoms with Crippen LogP contribution in [0.5, 0.6) is 0 Å².